The minimum absolute atomic E-state index is 0.265. The fourth-order valence-electron chi connectivity index (χ4n) is 3.60. The molecule has 2 heterocycles. The molecule has 0 saturated carbocycles. The molecule has 1 aliphatic heterocycles. The lowest BCUT2D eigenvalue weighted by atomic mass is 9.91. The second-order valence-corrected chi connectivity index (χ2v) is 7.16. The van der Waals surface area contributed by atoms with Crippen molar-refractivity contribution in [1.29, 1.82) is 0 Å². The Bertz CT molecular complexity index is 1200. The standard InChI is InChI=1S/C24H21N3O4/c1-4-31-24(30)16-9-11-17(12-10-16)27-22(28)19-8-6-5-7-18(19)21(23(27)29)13-20-14(2)25-26-15(20)3/h5-13H,4H2,1-3H3,(H,25,26). The topological polar surface area (TPSA) is 92.4 Å². The summed E-state index contributed by atoms with van der Waals surface area (Å²) in [5.41, 5.74) is 4.54. The maximum atomic E-state index is 13.5. The van der Waals surface area contributed by atoms with Gasteiger partial charge in [0.25, 0.3) is 11.8 Å². The largest absolute Gasteiger partial charge is 0.462 e. The SMILES string of the molecule is CCOC(=O)c1ccc(N2C(=O)C(=Cc3c(C)n[nH]c3C)c3ccccc3C2=O)cc1. The molecule has 2 amide bonds. The van der Waals surface area contributed by atoms with Crippen molar-refractivity contribution in [3.05, 3.63) is 82.2 Å². The molecule has 0 atom stereocenters. The number of ether oxygens (including phenoxy) is 1. The molecule has 0 saturated heterocycles. The van der Waals surface area contributed by atoms with Gasteiger partial charge in [0.15, 0.2) is 0 Å². The molecule has 0 bridgehead atoms. The Hall–Kier alpha value is -4.00. The number of H-pyrrole nitrogens is 1. The molecular formula is C24H21N3O4. The number of carbonyl (C=O) groups is 3. The summed E-state index contributed by atoms with van der Waals surface area (Å²) in [6.07, 6.45) is 1.77. The Kier molecular flexibility index (Phi) is 5.25. The number of aryl methyl sites for hydroxylation is 2. The average Bonchev–Trinajstić information content (AvgIpc) is 3.09. The van der Waals surface area contributed by atoms with Gasteiger partial charge in [0.2, 0.25) is 0 Å². The molecule has 7 heteroatoms. The number of aromatic amines is 1. The number of esters is 1. The first kappa shape index (κ1) is 20.3. The third kappa shape index (κ3) is 3.54. The highest BCUT2D eigenvalue weighted by molar-refractivity contribution is 6.43. The Morgan fingerprint density at radius 2 is 1.71 bits per heavy atom. The van der Waals surface area contributed by atoms with E-state index in [0.29, 0.717) is 28.0 Å². The number of aromatic nitrogens is 2. The first-order chi connectivity index (χ1) is 14.9. The number of fused-ring (bicyclic) bond motifs is 1. The van der Waals surface area contributed by atoms with Crippen molar-refractivity contribution in [3.8, 4) is 0 Å². The number of nitrogens with one attached hydrogen (secondary N) is 1. The minimum atomic E-state index is -0.456. The molecule has 1 aliphatic rings. The van der Waals surface area contributed by atoms with Gasteiger partial charge in [0.05, 0.1) is 23.6 Å². The van der Waals surface area contributed by atoms with Crippen LogP contribution in [0, 0.1) is 13.8 Å². The molecule has 3 aromatic rings. The Morgan fingerprint density at radius 1 is 1.03 bits per heavy atom. The monoisotopic (exact) mass is 415 g/mol. The van der Waals surface area contributed by atoms with Crippen molar-refractivity contribution in [2.24, 2.45) is 0 Å². The van der Waals surface area contributed by atoms with Crippen molar-refractivity contribution in [2.45, 2.75) is 20.8 Å². The zero-order chi connectivity index (χ0) is 22.1. The number of carbonyl (C=O) groups excluding carboxylic acids is 3. The van der Waals surface area contributed by atoms with Gasteiger partial charge in [-0.2, -0.15) is 5.10 Å². The zero-order valence-electron chi connectivity index (χ0n) is 17.4. The predicted octanol–water partition coefficient (Wildman–Crippen LogP) is 3.93. The van der Waals surface area contributed by atoms with E-state index in [1.54, 1.807) is 61.5 Å². The number of amides is 2. The maximum absolute atomic E-state index is 13.5. The predicted molar refractivity (Wildman–Crippen MR) is 117 cm³/mol. The highest BCUT2D eigenvalue weighted by Gasteiger charge is 2.36. The lowest BCUT2D eigenvalue weighted by Gasteiger charge is -2.28. The van der Waals surface area contributed by atoms with Crippen LogP contribution in [0.3, 0.4) is 0 Å². The van der Waals surface area contributed by atoms with Crippen molar-refractivity contribution < 1.29 is 19.1 Å². The van der Waals surface area contributed by atoms with Crippen molar-refractivity contribution in [3.63, 3.8) is 0 Å². The summed E-state index contributed by atoms with van der Waals surface area (Å²) in [5.74, 6) is -1.31. The maximum Gasteiger partial charge on any atom is 0.338 e. The number of benzene rings is 2. The molecule has 0 spiro atoms. The second kappa shape index (κ2) is 8.02. The van der Waals surface area contributed by atoms with Gasteiger partial charge >= 0.3 is 5.97 Å². The van der Waals surface area contributed by atoms with Crippen LogP contribution in [0.4, 0.5) is 5.69 Å². The molecule has 0 unspecified atom stereocenters. The van der Waals surface area contributed by atoms with Crippen LogP contribution in [0.5, 0.6) is 0 Å². The first-order valence-corrected chi connectivity index (χ1v) is 9.91. The van der Waals surface area contributed by atoms with Crippen LogP contribution in [0.2, 0.25) is 0 Å². The van der Waals surface area contributed by atoms with Crippen LogP contribution in [-0.2, 0) is 9.53 Å². The summed E-state index contributed by atoms with van der Waals surface area (Å²) < 4.78 is 5.00. The normalized spacial score (nSPS) is 14.7. The third-order valence-electron chi connectivity index (χ3n) is 5.19. The molecular weight excluding hydrogens is 394 g/mol. The summed E-state index contributed by atoms with van der Waals surface area (Å²) in [6.45, 7) is 5.72. The quantitative estimate of drug-likeness (QED) is 0.396. The third-order valence-corrected chi connectivity index (χ3v) is 5.19. The van der Waals surface area contributed by atoms with Crippen LogP contribution in [0.15, 0.2) is 48.5 Å². The molecule has 4 rings (SSSR count). The lowest BCUT2D eigenvalue weighted by Crippen LogP contribution is -2.41. The van der Waals surface area contributed by atoms with Gasteiger partial charge in [-0.05, 0) is 62.7 Å². The van der Waals surface area contributed by atoms with Gasteiger partial charge in [0, 0.05) is 22.4 Å². The van der Waals surface area contributed by atoms with Crippen LogP contribution >= 0.6 is 0 Å². The van der Waals surface area contributed by atoms with Crippen molar-refractivity contribution in [2.75, 3.05) is 11.5 Å². The molecule has 156 valence electrons. The molecule has 0 radical (unpaired) electrons. The minimum Gasteiger partial charge on any atom is -0.462 e. The Morgan fingerprint density at radius 3 is 2.32 bits per heavy atom. The molecule has 31 heavy (non-hydrogen) atoms. The van der Waals surface area contributed by atoms with E-state index in [0.717, 1.165) is 21.9 Å². The Labute approximate surface area is 179 Å². The molecule has 7 nitrogen and oxygen atoms in total. The second-order valence-electron chi connectivity index (χ2n) is 7.16. The molecule has 0 aliphatic carbocycles. The van der Waals surface area contributed by atoms with Crippen LogP contribution in [-0.4, -0.2) is 34.6 Å². The summed E-state index contributed by atoms with van der Waals surface area (Å²) >= 11 is 0. The highest BCUT2D eigenvalue weighted by Crippen LogP contribution is 2.34. The zero-order valence-corrected chi connectivity index (χ0v) is 17.4. The van der Waals surface area contributed by atoms with E-state index < -0.39 is 17.8 Å². The van der Waals surface area contributed by atoms with Gasteiger partial charge in [-0.15, -0.1) is 0 Å². The van der Waals surface area contributed by atoms with Gasteiger partial charge < -0.3 is 4.74 Å². The molecule has 0 fully saturated rings. The number of nitrogens with zero attached hydrogens (tertiary/aromatic N) is 2. The summed E-state index contributed by atoms with van der Waals surface area (Å²) in [4.78, 5) is 39.7. The summed E-state index contributed by atoms with van der Waals surface area (Å²) in [6, 6.07) is 13.3. The number of anilines is 1. The number of hydrogen-bond donors (Lipinski definition) is 1. The van der Waals surface area contributed by atoms with E-state index in [9.17, 15) is 14.4 Å². The Balaban J connectivity index is 1.81. The van der Waals surface area contributed by atoms with E-state index in [2.05, 4.69) is 10.2 Å². The van der Waals surface area contributed by atoms with Crippen LogP contribution in [0.25, 0.3) is 11.6 Å². The summed E-state index contributed by atoms with van der Waals surface area (Å²) in [5, 5.41) is 7.10. The fraction of sp³-hybridized carbons (Fsp3) is 0.167. The number of rotatable bonds is 4. The average molecular weight is 415 g/mol. The van der Waals surface area contributed by atoms with Crippen molar-refractivity contribution in [1.82, 2.24) is 10.2 Å². The number of imide groups is 1. The van der Waals surface area contributed by atoms with Crippen molar-refractivity contribution >= 4 is 35.1 Å². The lowest BCUT2D eigenvalue weighted by molar-refractivity contribution is -0.112. The van der Waals surface area contributed by atoms with Crippen LogP contribution < -0.4 is 4.90 Å². The van der Waals surface area contributed by atoms with Gasteiger partial charge in [-0.3, -0.25) is 14.7 Å². The first-order valence-electron chi connectivity index (χ1n) is 9.91. The van der Waals surface area contributed by atoms with E-state index in [1.165, 1.54) is 0 Å². The molecule has 2 aromatic carbocycles. The molecule has 1 N–H and O–H groups in total. The van der Waals surface area contributed by atoms with Gasteiger partial charge in [0.1, 0.15) is 0 Å². The van der Waals surface area contributed by atoms with E-state index >= 15 is 0 Å². The van der Waals surface area contributed by atoms with Gasteiger partial charge in [-0.1, -0.05) is 18.2 Å². The fourth-order valence-corrected chi connectivity index (χ4v) is 3.60. The van der Waals surface area contributed by atoms with E-state index in [4.69, 9.17) is 4.74 Å². The van der Waals surface area contributed by atoms with E-state index in [-0.39, 0.29) is 6.61 Å². The van der Waals surface area contributed by atoms with Gasteiger partial charge in [-0.25, -0.2) is 9.69 Å². The smallest absolute Gasteiger partial charge is 0.338 e. The summed E-state index contributed by atoms with van der Waals surface area (Å²) in [7, 11) is 0. The van der Waals surface area contributed by atoms with Crippen LogP contribution in [0.1, 0.15) is 50.2 Å². The van der Waals surface area contributed by atoms with E-state index in [1.807, 2.05) is 13.8 Å². The highest BCUT2D eigenvalue weighted by atomic mass is 16.5. The molecule has 1 aromatic heterocycles. The number of hydrogen-bond acceptors (Lipinski definition) is 5.